The molecule has 1 aromatic heterocycles. The highest BCUT2D eigenvalue weighted by Gasteiger charge is 2.23. The molecule has 156 valence electrons. The van der Waals surface area contributed by atoms with E-state index in [1.807, 2.05) is 49.4 Å². The number of thioether (sulfide) groups is 1. The molecule has 2 heterocycles. The largest absolute Gasteiger partial charge is 0.296 e. The fourth-order valence-corrected chi connectivity index (χ4v) is 4.92. The minimum Gasteiger partial charge on any atom is -0.296 e. The third-order valence-electron chi connectivity index (χ3n) is 5.31. The van der Waals surface area contributed by atoms with Crippen molar-refractivity contribution in [1.29, 1.82) is 0 Å². The first-order chi connectivity index (χ1) is 14.6. The summed E-state index contributed by atoms with van der Waals surface area (Å²) < 4.78 is 3.07. The molecular weight excluding hydrogens is 460 g/mol. The van der Waals surface area contributed by atoms with Gasteiger partial charge < -0.3 is 0 Å². The van der Waals surface area contributed by atoms with Gasteiger partial charge in [-0.3, -0.25) is 14.3 Å². The van der Waals surface area contributed by atoms with Crippen molar-refractivity contribution in [1.82, 2.24) is 19.7 Å². The van der Waals surface area contributed by atoms with Gasteiger partial charge in [0.2, 0.25) is 0 Å². The minimum absolute atomic E-state index is 0.0905. The number of piperidine rings is 1. The Hall–Kier alpha value is -1.96. The van der Waals surface area contributed by atoms with Crippen LogP contribution in [0.25, 0.3) is 5.69 Å². The zero-order valence-electron chi connectivity index (χ0n) is 17.0. The third kappa shape index (κ3) is 5.02. The fraction of sp³-hybridized carbons (Fsp3) is 0.348. The Bertz CT molecular complexity index is 984. The van der Waals surface area contributed by atoms with Gasteiger partial charge in [-0.1, -0.05) is 64.4 Å². The Morgan fingerprint density at radius 1 is 1.03 bits per heavy atom. The van der Waals surface area contributed by atoms with Crippen LogP contribution in [0.5, 0.6) is 0 Å². The summed E-state index contributed by atoms with van der Waals surface area (Å²) >= 11 is 4.89. The van der Waals surface area contributed by atoms with Gasteiger partial charge in [0.05, 0.1) is 11.8 Å². The molecule has 1 saturated heterocycles. The summed E-state index contributed by atoms with van der Waals surface area (Å²) in [5.74, 6) is 1.02. The average molecular weight is 485 g/mol. The second-order valence-corrected chi connectivity index (χ2v) is 9.76. The maximum Gasteiger partial charge on any atom is 0.196 e. The summed E-state index contributed by atoms with van der Waals surface area (Å²) in [6.45, 7) is 4.91. The molecule has 5 nitrogen and oxygen atoms in total. The number of para-hydroxylation sites is 1. The van der Waals surface area contributed by atoms with Crippen LogP contribution in [0, 0.1) is 0 Å². The summed E-state index contributed by atoms with van der Waals surface area (Å²) in [7, 11) is 0. The van der Waals surface area contributed by atoms with Crippen LogP contribution in [-0.4, -0.2) is 43.8 Å². The molecule has 0 amide bonds. The minimum atomic E-state index is -0.263. The molecule has 3 aromatic rings. The summed E-state index contributed by atoms with van der Waals surface area (Å²) in [6, 6.07) is 17.7. The average Bonchev–Trinajstić information content (AvgIpc) is 3.17. The van der Waals surface area contributed by atoms with Crippen LogP contribution in [0.3, 0.4) is 0 Å². The van der Waals surface area contributed by atoms with Gasteiger partial charge >= 0.3 is 0 Å². The van der Waals surface area contributed by atoms with Crippen LogP contribution < -0.4 is 0 Å². The standard InChI is InChI=1S/C23H25BrN4OS/c1-17(22(29)18-10-12-19(24)13-11-18)30-23-26-25-21(16-27-14-6-3-7-15-27)28(23)20-8-4-2-5-9-20/h2,4-5,8-13,17H,3,6-7,14-16H2,1H3. The van der Waals surface area contributed by atoms with Gasteiger partial charge in [0.1, 0.15) is 0 Å². The first-order valence-corrected chi connectivity index (χ1v) is 12.0. The lowest BCUT2D eigenvalue weighted by Crippen LogP contribution is -2.30. The molecule has 1 atom stereocenters. The second kappa shape index (κ2) is 9.90. The Balaban J connectivity index is 1.59. The van der Waals surface area contributed by atoms with Crippen molar-refractivity contribution >= 4 is 33.5 Å². The number of nitrogens with zero attached hydrogens (tertiary/aromatic N) is 4. The molecule has 1 fully saturated rings. The molecule has 2 aromatic carbocycles. The van der Waals surface area contributed by atoms with E-state index < -0.39 is 0 Å². The van der Waals surface area contributed by atoms with Crippen LogP contribution in [0.15, 0.2) is 64.2 Å². The third-order valence-corrected chi connectivity index (χ3v) is 6.88. The molecule has 4 rings (SSSR count). The van der Waals surface area contributed by atoms with E-state index >= 15 is 0 Å². The number of likely N-dealkylation sites (tertiary alicyclic amines) is 1. The van der Waals surface area contributed by atoms with Gasteiger partial charge in [0.15, 0.2) is 16.8 Å². The van der Waals surface area contributed by atoms with Gasteiger partial charge in [-0.25, -0.2) is 0 Å². The first kappa shape index (κ1) is 21.3. The van der Waals surface area contributed by atoms with Crippen LogP contribution in [0.2, 0.25) is 0 Å². The quantitative estimate of drug-likeness (QED) is 0.332. The van der Waals surface area contributed by atoms with E-state index in [1.165, 1.54) is 31.0 Å². The van der Waals surface area contributed by atoms with Crippen molar-refractivity contribution in [2.24, 2.45) is 0 Å². The molecule has 0 saturated carbocycles. The lowest BCUT2D eigenvalue weighted by atomic mass is 10.1. The Labute approximate surface area is 190 Å². The van der Waals surface area contributed by atoms with E-state index in [4.69, 9.17) is 0 Å². The number of carbonyl (C=O) groups is 1. The Kier molecular flexibility index (Phi) is 7.02. The molecule has 0 N–H and O–H groups in total. The Morgan fingerprint density at radius 3 is 2.43 bits per heavy atom. The number of halogens is 1. The summed E-state index contributed by atoms with van der Waals surface area (Å²) in [4.78, 5) is 15.4. The highest BCUT2D eigenvalue weighted by atomic mass is 79.9. The van der Waals surface area contributed by atoms with E-state index in [9.17, 15) is 4.79 Å². The molecule has 7 heteroatoms. The highest BCUT2D eigenvalue weighted by molar-refractivity contribution is 9.10. The van der Waals surface area contributed by atoms with Gasteiger partial charge in [-0.15, -0.1) is 10.2 Å². The summed E-state index contributed by atoms with van der Waals surface area (Å²) in [6.07, 6.45) is 3.78. The number of ketones is 1. The number of rotatable bonds is 7. The highest BCUT2D eigenvalue weighted by Crippen LogP contribution is 2.28. The van der Waals surface area contributed by atoms with Gasteiger partial charge in [-0.05, 0) is 57.1 Å². The van der Waals surface area contributed by atoms with E-state index in [0.29, 0.717) is 5.56 Å². The van der Waals surface area contributed by atoms with E-state index in [1.54, 1.807) is 0 Å². The van der Waals surface area contributed by atoms with Crippen LogP contribution >= 0.6 is 27.7 Å². The Morgan fingerprint density at radius 2 is 1.73 bits per heavy atom. The zero-order valence-corrected chi connectivity index (χ0v) is 19.4. The SMILES string of the molecule is CC(Sc1nnc(CN2CCCCC2)n1-c1ccccc1)C(=O)c1ccc(Br)cc1. The number of hydrogen-bond acceptors (Lipinski definition) is 5. The summed E-state index contributed by atoms with van der Waals surface area (Å²) in [5, 5.41) is 9.49. The summed E-state index contributed by atoms with van der Waals surface area (Å²) in [5.41, 5.74) is 1.73. The predicted molar refractivity (Wildman–Crippen MR) is 124 cm³/mol. The fourth-order valence-electron chi connectivity index (χ4n) is 3.69. The predicted octanol–water partition coefficient (Wildman–Crippen LogP) is 5.38. The topological polar surface area (TPSA) is 51.0 Å². The normalized spacial score (nSPS) is 15.8. The van der Waals surface area contributed by atoms with Crippen molar-refractivity contribution in [2.45, 2.75) is 43.1 Å². The number of benzene rings is 2. The van der Waals surface area contributed by atoms with Crippen LogP contribution in [-0.2, 0) is 6.54 Å². The molecular formula is C23H25BrN4OS. The van der Waals surface area contributed by atoms with Crippen molar-refractivity contribution in [3.8, 4) is 5.69 Å². The lowest BCUT2D eigenvalue weighted by Gasteiger charge is -2.26. The van der Waals surface area contributed by atoms with Crippen molar-refractivity contribution < 1.29 is 4.79 Å². The number of hydrogen-bond donors (Lipinski definition) is 0. The van der Waals surface area contributed by atoms with E-state index in [-0.39, 0.29) is 11.0 Å². The molecule has 30 heavy (non-hydrogen) atoms. The molecule has 1 aliphatic rings. The maximum absolute atomic E-state index is 12.9. The molecule has 0 bridgehead atoms. The molecule has 1 aliphatic heterocycles. The lowest BCUT2D eigenvalue weighted by molar-refractivity contribution is 0.0994. The zero-order chi connectivity index (χ0) is 20.9. The number of carbonyl (C=O) groups excluding carboxylic acids is 1. The maximum atomic E-state index is 12.9. The van der Waals surface area contributed by atoms with Crippen molar-refractivity contribution in [3.05, 3.63) is 70.5 Å². The van der Waals surface area contributed by atoms with E-state index in [2.05, 4.69) is 47.7 Å². The monoisotopic (exact) mass is 484 g/mol. The van der Waals surface area contributed by atoms with E-state index in [0.717, 1.165) is 40.8 Å². The van der Waals surface area contributed by atoms with Gasteiger partial charge in [-0.2, -0.15) is 0 Å². The second-order valence-electron chi connectivity index (χ2n) is 7.54. The molecule has 0 radical (unpaired) electrons. The van der Waals surface area contributed by atoms with Gasteiger partial charge in [0, 0.05) is 15.7 Å². The molecule has 0 aliphatic carbocycles. The smallest absolute Gasteiger partial charge is 0.196 e. The molecule has 1 unspecified atom stereocenters. The van der Waals surface area contributed by atoms with Crippen molar-refractivity contribution in [2.75, 3.05) is 13.1 Å². The molecule has 0 spiro atoms. The first-order valence-electron chi connectivity index (χ1n) is 10.3. The van der Waals surface area contributed by atoms with Crippen LogP contribution in [0.4, 0.5) is 0 Å². The van der Waals surface area contributed by atoms with Gasteiger partial charge in [0.25, 0.3) is 0 Å². The van der Waals surface area contributed by atoms with Crippen LogP contribution in [0.1, 0.15) is 42.4 Å². The number of aromatic nitrogens is 3. The number of Topliss-reactive ketones (excluding diaryl/α,β-unsaturated/α-hetero) is 1. The van der Waals surface area contributed by atoms with Crippen molar-refractivity contribution in [3.63, 3.8) is 0 Å².